The highest BCUT2D eigenvalue weighted by Gasteiger charge is 2.32. The fraction of sp³-hybridized carbons (Fsp3) is 0.579. The number of anilines is 1. The Kier molecular flexibility index (Phi) is 5.52. The van der Waals surface area contributed by atoms with Gasteiger partial charge in [0.1, 0.15) is 11.6 Å². The number of para-hydroxylation sites is 1. The highest BCUT2D eigenvalue weighted by molar-refractivity contribution is 6.00. The standard InChI is InChI=1S/C19H28N2O3/c1-13(2)12-15(20-18(23)24-19(3,4)5)17(22)21-11-10-14-8-6-7-9-16(14)21/h6-9,13,15H,10-12H2,1-5H3,(H,20,23)/t15-/m0/s1. The van der Waals surface area contributed by atoms with E-state index in [-0.39, 0.29) is 11.8 Å². The van der Waals surface area contributed by atoms with Crippen molar-refractivity contribution in [1.29, 1.82) is 0 Å². The van der Waals surface area contributed by atoms with Gasteiger partial charge in [-0.1, -0.05) is 32.0 Å². The van der Waals surface area contributed by atoms with Crippen LogP contribution in [0.4, 0.5) is 10.5 Å². The molecule has 1 aliphatic heterocycles. The van der Waals surface area contributed by atoms with Gasteiger partial charge in [0.05, 0.1) is 0 Å². The summed E-state index contributed by atoms with van der Waals surface area (Å²) in [5, 5.41) is 2.76. The van der Waals surface area contributed by atoms with Crippen molar-refractivity contribution in [2.75, 3.05) is 11.4 Å². The predicted octanol–water partition coefficient (Wildman–Crippen LogP) is 3.52. The minimum atomic E-state index is -0.588. The first kappa shape index (κ1) is 18.3. The van der Waals surface area contributed by atoms with Crippen LogP contribution in [0.5, 0.6) is 0 Å². The van der Waals surface area contributed by atoms with Crippen LogP contribution in [-0.2, 0) is 16.0 Å². The van der Waals surface area contributed by atoms with E-state index in [4.69, 9.17) is 4.74 Å². The fourth-order valence-electron chi connectivity index (χ4n) is 2.90. The van der Waals surface area contributed by atoms with Crippen LogP contribution in [0.15, 0.2) is 24.3 Å². The second-order valence-electron chi connectivity index (χ2n) is 7.70. The molecule has 1 heterocycles. The van der Waals surface area contributed by atoms with E-state index < -0.39 is 17.7 Å². The number of amides is 2. The SMILES string of the molecule is CC(C)C[C@H](NC(=O)OC(C)(C)C)C(=O)N1CCc2ccccc21. The molecule has 0 fully saturated rings. The topological polar surface area (TPSA) is 58.6 Å². The zero-order valence-corrected chi connectivity index (χ0v) is 15.3. The van der Waals surface area contributed by atoms with Crippen LogP contribution in [0.2, 0.25) is 0 Å². The fourth-order valence-corrected chi connectivity index (χ4v) is 2.90. The minimum absolute atomic E-state index is 0.0699. The van der Waals surface area contributed by atoms with Gasteiger partial charge >= 0.3 is 6.09 Å². The Morgan fingerprint density at radius 1 is 1.25 bits per heavy atom. The van der Waals surface area contributed by atoms with Gasteiger partial charge in [-0.15, -0.1) is 0 Å². The third kappa shape index (κ3) is 4.73. The van der Waals surface area contributed by atoms with Gasteiger partial charge in [-0.05, 0) is 51.2 Å². The van der Waals surface area contributed by atoms with Crippen molar-refractivity contribution in [3.8, 4) is 0 Å². The monoisotopic (exact) mass is 332 g/mol. The van der Waals surface area contributed by atoms with Crippen molar-refractivity contribution in [1.82, 2.24) is 5.32 Å². The van der Waals surface area contributed by atoms with Crippen LogP contribution >= 0.6 is 0 Å². The van der Waals surface area contributed by atoms with Crippen molar-refractivity contribution < 1.29 is 14.3 Å². The van der Waals surface area contributed by atoms with Crippen molar-refractivity contribution >= 4 is 17.7 Å². The second-order valence-corrected chi connectivity index (χ2v) is 7.70. The van der Waals surface area contributed by atoms with Gasteiger partial charge in [-0.25, -0.2) is 4.79 Å². The number of benzene rings is 1. The van der Waals surface area contributed by atoms with E-state index in [1.807, 2.05) is 58.9 Å². The smallest absolute Gasteiger partial charge is 0.408 e. The molecule has 1 N–H and O–H groups in total. The van der Waals surface area contributed by atoms with E-state index in [2.05, 4.69) is 5.32 Å². The van der Waals surface area contributed by atoms with Crippen LogP contribution in [0.25, 0.3) is 0 Å². The summed E-state index contributed by atoms with van der Waals surface area (Å²) in [7, 11) is 0. The molecule has 0 radical (unpaired) electrons. The quantitative estimate of drug-likeness (QED) is 0.918. The van der Waals surface area contributed by atoms with Gasteiger partial charge < -0.3 is 15.0 Å². The largest absolute Gasteiger partial charge is 0.444 e. The van der Waals surface area contributed by atoms with E-state index in [0.29, 0.717) is 13.0 Å². The summed E-state index contributed by atoms with van der Waals surface area (Å²) in [5.41, 5.74) is 1.53. The molecule has 1 atom stereocenters. The Bertz CT molecular complexity index is 605. The van der Waals surface area contributed by atoms with Gasteiger partial charge in [0.15, 0.2) is 0 Å². The summed E-state index contributed by atoms with van der Waals surface area (Å²) in [5.74, 6) is 0.214. The maximum atomic E-state index is 13.0. The number of nitrogens with zero attached hydrogens (tertiary/aromatic N) is 1. The number of carbonyl (C=O) groups is 2. The molecule has 0 aromatic heterocycles. The molecule has 5 nitrogen and oxygen atoms in total. The molecule has 0 spiro atoms. The molecular weight excluding hydrogens is 304 g/mol. The predicted molar refractivity (Wildman–Crippen MR) is 95.1 cm³/mol. The Morgan fingerprint density at radius 3 is 2.54 bits per heavy atom. The van der Waals surface area contributed by atoms with Crippen molar-refractivity contribution in [2.24, 2.45) is 5.92 Å². The highest BCUT2D eigenvalue weighted by Crippen LogP contribution is 2.28. The number of carbonyl (C=O) groups excluding carboxylic acids is 2. The maximum Gasteiger partial charge on any atom is 0.408 e. The molecule has 1 aromatic carbocycles. The lowest BCUT2D eigenvalue weighted by molar-refractivity contribution is -0.121. The second kappa shape index (κ2) is 7.24. The average molecular weight is 332 g/mol. The van der Waals surface area contributed by atoms with Crippen LogP contribution in [0.3, 0.4) is 0 Å². The molecule has 0 saturated carbocycles. The summed E-state index contributed by atoms with van der Waals surface area (Å²) >= 11 is 0. The zero-order valence-electron chi connectivity index (χ0n) is 15.3. The lowest BCUT2D eigenvalue weighted by Crippen LogP contribution is -2.50. The average Bonchev–Trinajstić information content (AvgIpc) is 2.87. The number of hydrogen-bond donors (Lipinski definition) is 1. The van der Waals surface area contributed by atoms with Crippen molar-refractivity contribution in [3.05, 3.63) is 29.8 Å². The van der Waals surface area contributed by atoms with Crippen molar-refractivity contribution in [3.63, 3.8) is 0 Å². The number of fused-ring (bicyclic) bond motifs is 1. The zero-order chi connectivity index (χ0) is 17.9. The third-order valence-electron chi connectivity index (χ3n) is 3.85. The molecular formula is C19H28N2O3. The molecule has 0 saturated heterocycles. The Balaban J connectivity index is 2.13. The van der Waals surface area contributed by atoms with Crippen LogP contribution in [0.1, 0.15) is 46.6 Å². The first-order valence-corrected chi connectivity index (χ1v) is 8.56. The number of nitrogens with one attached hydrogen (secondary N) is 1. The molecule has 5 heteroatoms. The number of hydrogen-bond acceptors (Lipinski definition) is 3. The first-order valence-electron chi connectivity index (χ1n) is 8.56. The Hall–Kier alpha value is -2.04. The van der Waals surface area contributed by atoms with E-state index in [1.54, 1.807) is 4.90 Å². The molecule has 2 amide bonds. The number of ether oxygens (including phenoxy) is 1. The molecule has 24 heavy (non-hydrogen) atoms. The summed E-state index contributed by atoms with van der Waals surface area (Å²) in [6.45, 7) is 10.2. The van der Waals surface area contributed by atoms with Gasteiger partial charge in [0.2, 0.25) is 5.91 Å². The van der Waals surface area contributed by atoms with E-state index in [9.17, 15) is 9.59 Å². The maximum absolute atomic E-state index is 13.0. The Labute approximate surface area is 144 Å². The molecule has 2 rings (SSSR count). The van der Waals surface area contributed by atoms with E-state index in [0.717, 1.165) is 12.1 Å². The normalized spacial score (nSPS) is 15.2. The first-order chi connectivity index (χ1) is 11.2. The minimum Gasteiger partial charge on any atom is -0.444 e. The van der Waals surface area contributed by atoms with E-state index in [1.165, 1.54) is 5.56 Å². The van der Waals surface area contributed by atoms with Gasteiger partial charge in [0.25, 0.3) is 0 Å². The molecule has 0 bridgehead atoms. The Morgan fingerprint density at radius 2 is 1.92 bits per heavy atom. The van der Waals surface area contributed by atoms with E-state index >= 15 is 0 Å². The summed E-state index contributed by atoms with van der Waals surface area (Å²) in [6.07, 6.45) is 0.883. The molecule has 1 aromatic rings. The number of rotatable bonds is 4. The molecule has 0 unspecified atom stereocenters. The summed E-state index contributed by atoms with van der Waals surface area (Å²) in [6, 6.07) is 7.34. The van der Waals surface area contributed by atoms with Gasteiger partial charge in [0, 0.05) is 12.2 Å². The number of alkyl carbamates (subject to hydrolysis) is 1. The highest BCUT2D eigenvalue weighted by atomic mass is 16.6. The lowest BCUT2D eigenvalue weighted by Gasteiger charge is -2.27. The summed E-state index contributed by atoms with van der Waals surface area (Å²) in [4.78, 5) is 26.9. The van der Waals surface area contributed by atoms with Gasteiger partial charge in [-0.2, -0.15) is 0 Å². The third-order valence-corrected chi connectivity index (χ3v) is 3.85. The van der Waals surface area contributed by atoms with Crippen LogP contribution in [-0.4, -0.2) is 30.2 Å². The molecule has 1 aliphatic rings. The lowest BCUT2D eigenvalue weighted by atomic mass is 10.0. The van der Waals surface area contributed by atoms with Gasteiger partial charge in [-0.3, -0.25) is 4.79 Å². The summed E-state index contributed by atoms with van der Waals surface area (Å²) < 4.78 is 5.31. The van der Waals surface area contributed by atoms with Crippen LogP contribution in [0, 0.1) is 5.92 Å². The van der Waals surface area contributed by atoms with Crippen LogP contribution < -0.4 is 10.2 Å². The van der Waals surface area contributed by atoms with Crippen molar-refractivity contribution in [2.45, 2.75) is 59.1 Å². The molecule has 132 valence electrons. The molecule has 0 aliphatic carbocycles.